The van der Waals surface area contributed by atoms with Gasteiger partial charge in [0.05, 0.1) is 13.7 Å². The van der Waals surface area contributed by atoms with Gasteiger partial charge < -0.3 is 25.0 Å². The highest BCUT2D eigenvalue weighted by Gasteiger charge is 2.08. The number of ether oxygens (including phenoxy) is 1. The van der Waals surface area contributed by atoms with Crippen molar-refractivity contribution < 1.29 is 14.4 Å². The quantitative estimate of drug-likeness (QED) is 0.607. The predicted octanol–water partition coefficient (Wildman–Crippen LogP) is 2.29. The van der Waals surface area contributed by atoms with Crippen LogP contribution >= 0.6 is 0 Å². The molecule has 0 radical (unpaired) electrons. The molecule has 2 heterocycles. The third-order valence-electron chi connectivity index (χ3n) is 3.20. The molecule has 0 fully saturated rings. The number of nitrogens with zero attached hydrogens (tertiary/aromatic N) is 3. The first-order chi connectivity index (χ1) is 11.8. The van der Waals surface area contributed by atoms with Crippen molar-refractivity contribution in [1.29, 1.82) is 0 Å². The summed E-state index contributed by atoms with van der Waals surface area (Å²) in [6.45, 7) is 0.391. The van der Waals surface area contributed by atoms with Gasteiger partial charge in [0, 0.05) is 24.4 Å². The van der Waals surface area contributed by atoms with E-state index in [1.807, 2.05) is 24.3 Å². The maximum absolute atomic E-state index is 8.81. The summed E-state index contributed by atoms with van der Waals surface area (Å²) in [4.78, 5) is 8.32. The van der Waals surface area contributed by atoms with Crippen LogP contribution in [0.5, 0.6) is 5.75 Å². The van der Waals surface area contributed by atoms with E-state index in [2.05, 4.69) is 25.8 Å². The van der Waals surface area contributed by atoms with Gasteiger partial charge in [0.15, 0.2) is 0 Å². The minimum atomic E-state index is 0.00828. The van der Waals surface area contributed by atoms with Crippen LogP contribution in [0, 0.1) is 0 Å². The number of hydrogen-bond acceptors (Lipinski definition) is 8. The second kappa shape index (κ2) is 7.42. The molecule has 24 heavy (non-hydrogen) atoms. The van der Waals surface area contributed by atoms with Gasteiger partial charge in [0.1, 0.15) is 17.3 Å². The second-order valence-corrected chi connectivity index (χ2v) is 4.85. The monoisotopic (exact) mass is 327 g/mol. The van der Waals surface area contributed by atoms with Crippen LogP contribution in [0.15, 0.2) is 47.1 Å². The Hall–Kier alpha value is -3.13. The average molecular weight is 327 g/mol. The third-order valence-corrected chi connectivity index (χ3v) is 3.20. The Morgan fingerprint density at radius 3 is 2.79 bits per heavy atom. The summed E-state index contributed by atoms with van der Waals surface area (Å²) >= 11 is 0. The molecular weight excluding hydrogens is 310 g/mol. The molecule has 0 saturated heterocycles. The molecule has 8 heteroatoms. The summed E-state index contributed by atoms with van der Waals surface area (Å²) in [5.74, 6) is 2.23. The summed E-state index contributed by atoms with van der Waals surface area (Å²) in [6.07, 6.45) is 1.61. The molecule has 3 aromatic rings. The highest BCUT2D eigenvalue weighted by atomic mass is 16.5. The first-order valence-electron chi connectivity index (χ1n) is 7.34. The van der Waals surface area contributed by atoms with Crippen LogP contribution in [0.4, 0.5) is 17.7 Å². The molecule has 2 aromatic heterocycles. The molecule has 3 rings (SSSR count). The van der Waals surface area contributed by atoms with E-state index in [0.29, 0.717) is 29.9 Å². The van der Waals surface area contributed by atoms with E-state index < -0.39 is 0 Å². The van der Waals surface area contributed by atoms with Crippen molar-refractivity contribution in [3.63, 3.8) is 0 Å². The molecule has 0 amide bonds. The van der Waals surface area contributed by atoms with Gasteiger partial charge in [-0.3, -0.25) is 0 Å². The van der Waals surface area contributed by atoms with Gasteiger partial charge in [-0.15, -0.1) is 0 Å². The lowest BCUT2D eigenvalue weighted by atomic mass is 10.1. The van der Waals surface area contributed by atoms with Crippen molar-refractivity contribution >= 4 is 17.7 Å². The van der Waals surface area contributed by atoms with Gasteiger partial charge in [-0.25, -0.2) is 4.98 Å². The van der Waals surface area contributed by atoms with Crippen molar-refractivity contribution in [2.24, 2.45) is 0 Å². The Bertz CT molecular complexity index is 788. The van der Waals surface area contributed by atoms with Crippen LogP contribution in [0.2, 0.25) is 0 Å². The topological polar surface area (TPSA) is 105 Å². The number of benzene rings is 1. The molecule has 0 aliphatic heterocycles. The van der Waals surface area contributed by atoms with E-state index in [9.17, 15) is 0 Å². The Labute approximate surface area is 138 Å². The molecule has 1 aromatic carbocycles. The number of rotatable bonds is 7. The van der Waals surface area contributed by atoms with Crippen LogP contribution in [0.25, 0.3) is 11.3 Å². The molecule has 0 aliphatic carbocycles. The Morgan fingerprint density at radius 2 is 2.04 bits per heavy atom. The fourth-order valence-corrected chi connectivity index (χ4v) is 2.04. The number of anilines is 3. The minimum absolute atomic E-state index is 0.00828. The number of hydrogen-bond donors (Lipinski definition) is 3. The average Bonchev–Trinajstić information content (AvgIpc) is 3.09. The zero-order valence-electron chi connectivity index (χ0n) is 13.1. The Balaban J connectivity index is 1.71. The van der Waals surface area contributed by atoms with E-state index in [-0.39, 0.29) is 6.61 Å². The van der Waals surface area contributed by atoms with Crippen molar-refractivity contribution in [1.82, 2.24) is 15.1 Å². The number of nitrogens with one attached hydrogen (secondary N) is 2. The molecule has 0 unspecified atom stereocenters. The maximum Gasteiger partial charge on any atom is 0.230 e. The van der Waals surface area contributed by atoms with Crippen LogP contribution in [0.1, 0.15) is 0 Å². The zero-order valence-corrected chi connectivity index (χ0v) is 13.1. The van der Waals surface area contributed by atoms with E-state index >= 15 is 0 Å². The van der Waals surface area contributed by atoms with Gasteiger partial charge in [-0.2, -0.15) is 4.98 Å². The molecule has 0 aliphatic rings. The highest BCUT2D eigenvalue weighted by Crippen LogP contribution is 2.25. The largest absolute Gasteiger partial charge is 0.497 e. The summed E-state index contributed by atoms with van der Waals surface area (Å²) < 4.78 is 10.4. The summed E-state index contributed by atoms with van der Waals surface area (Å²) in [5, 5.41) is 18.8. The lowest BCUT2D eigenvalue weighted by Crippen LogP contribution is -2.09. The first-order valence-corrected chi connectivity index (χ1v) is 7.34. The first kappa shape index (κ1) is 15.8. The summed E-state index contributed by atoms with van der Waals surface area (Å²) in [7, 11) is 1.62. The SMILES string of the molecule is COc1ccc(-c2cc(Nc3ccnc(NCCO)n3)on2)cc1. The second-order valence-electron chi connectivity index (χ2n) is 4.85. The molecule has 0 atom stereocenters. The summed E-state index contributed by atoms with van der Waals surface area (Å²) in [5.41, 5.74) is 1.62. The van der Waals surface area contributed by atoms with E-state index in [4.69, 9.17) is 14.4 Å². The minimum Gasteiger partial charge on any atom is -0.497 e. The van der Waals surface area contributed by atoms with E-state index in [0.717, 1.165) is 11.3 Å². The number of aromatic nitrogens is 3. The van der Waals surface area contributed by atoms with E-state index in [1.54, 1.807) is 25.4 Å². The normalized spacial score (nSPS) is 10.4. The van der Waals surface area contributed by atoms with Crippen molar-refractivity contribution in [3.8, 4) is 17.0 Å². The van der Waals surface area contributed by atoms with Gasteiger partial charge >= 0.3 is 0 Å². The van der Waals surface area contributed by atoms with Crippen LogP contribution in [-0.4, -0.2) is 40.5 Å². The van der Waals surface area contributed by atoms with Crippen molar-refractivity contribution in [3.05, 3.63) is 42.6 Å². The number of aliphatic hydroxyl groups excluding tert-OH is 1. The zero-order chi connectivity index (χ0) is 16.8. The van der Waals surface area contributed by atoms with Crippen LogP contribution in [-0.2, 0) is 0 Å². The van der Waals surface area contributed by atoms with Gasteiger partial charge in [-0.1, -0.05) is 5.16 Å². The fourth-order valence-electron chi connectivity index (χ4n) is 2.04. The smallest absolute Gasteiger partial charge is 0.230 e. The van der Waals surface area contributed by atoms with Crippen molar-refractivity contribution in [2.45, 2.75) is 0 Å². The van der Waals surface area contributed by atoms with Crippen LogP contribution in [0.3, 0.4) is 0 Å². The van der Waals surface area contributed by atoms with Gasteiger partial charge in [-0.05, 0) is 30.3 Å². The molecule has 3 N–H and O–H groups in total. The number of methoxy groups -OCH3 is 1. The van der Waals surface area contributed by atoms with Crippen molar-refractivity contribution in [2.75, 3.05) is 30.9 Å². The third kappa shape index (κ3) is 3.79. The standard InChI is InChI=1S/C16H17N5O3/c1-23-12-4-2-11(3-5-12)13-10-15(24-21-13)19-14-6-7-17-16(20-14)18-8-9-22/h2-7,10,22H,8-9H2,1H3,(H2,17,18,19,20). The van der Waals surface area contributed by atoms with Gasteiger partial charge in [0.2, 0.25) is 11.8 Å². The van der Waals surface area contributed by atoms with Crippen LogP contribution < -0.4 is 15.4 Å². The molecule has 0 saturated carbocycles. The summed E-state index contributed by atoms with van der Waals surface area (Å²) in [6, 6.07) is 11.0. The lowest BCUT2D eigenvalue weighted by molar-refractivity contribution is 0.311. The molecular formula is C16H17N5O3. The van der Waals surface area contributed by atoms with Gasteiger partial charge in [0.25, 0.3) is 0 Å². The van der Waals surface area contributed by atoms with E-state index in [1.165, 1.54) is 0 Å². The fraction of sp³-hybridized carbons (Fsp3) is 0.188. The number of aliphatic hydroxyl groups is 1. The molecule has 124 valence electrons. The predicted molar refractivity (Wildman–Crippen MR) is 89.4 cm³/mol. The molecule has 8 nitrogen and oxygen atoms in total. The lowest BCUT2D eigenvalue weighted by Gasteiger charge is -2.04. The molecule has 0 spiro atoms. The Kier molecular flexibility index (Phi) is 4.87. The highest BCUT2D eigenvalue weighted by molar-refractivity contribution is 5.64. The maximum atomic E-state index is 8.81. The Morgan fingerprint density at radius 1 is 1.21 bits per heavy atom. The molecule has 0 bridgehead atoms.